The maximum absolute atomic E-state index is 13.0. The smallest absolute Gasteiger partial charge is 0.321 e. The van der Waals surface area contributed by atoms with Crippen molar-refractivity contribution in [2.24, 2.45) is 0 Å². The fourth-order valence-corrected chi connectivity index (χ4v) is 1.58. The summed E-state index contributed by atoms with van der Waals surface area (Å²) in [4.78, 5) is 7.91. The average molecular weight is 318 g/mol. The van der Waals surface area contributed by atoms with Crippen LogP contribution in [0.5, 0.6) is 11.8 Å². The lowest BCUT2D eigenvalue weighted by Crippen LogP contribution is -1.94. The van der Waals surface area contributed by atoms with Crippen molar-refractivity contribution in [1.82, 2.24) is 9.97 Å². The highest BCUT2D eigenvalue weighted by Crippen LogP contribution is 2.28. The molecule has 0 bridgehead atoms. The predicted molar refractivity (Wildman–Crippen MR) is 65.8 cm³/mol. The standard InChI is InChI=1S/C11H7BrClFN2O/c12-9-2-1-8(14)3-10(9)17-11-15-5-7(4-13)6-16-11/h1-3,5-6H,4H2. The van der Waals surface area contributed by atoms with Gasteiger partial charge in [-0.15, -0.1) is 11.6 Å². The molecule has 2 rings (SSSR count). The van der Waals surface area contributed by atoms with Crippen molar-refractivity contribution in [3.05, 3.63) is 46.4 Å². The second kappa shape index (κ2) is 5.42. The Bertz CT molecular complexity index is 521. The summed E-state index contributed by atoms with van der Waals surface area (Å²) >= 11 is 8.86. The Morgan fingerprint density at radius 3 is 2.65 bits per heavy atom. The molecular formula is C11H7BrClFN2O. The van der Waals surface area contributed by atoms with E-state index in [0.29, 0.717) is 16.1 Å². The van der Waals surface area contributed by atoms with Crippen LogP contribution in [0.4, 0.5) is 4.39 Å². The van der Waals surface area contributed by atoms with Crippen LogP contribution in [0.3, 0.4) is 0 Å². The second-order valence-corrected chi connectivity index (χ2v) is 4.31. The van der Waals surface area contributed by atoms with Gasteiger partial charge in [0.2, 0.25) is 0 Å². The van der Waals surface area contributed by atoms with Gasteiger partial charge in [0.05, 0.1) is 10.4 Å². The fourth-order valence-electron chi connectivity index (χ4n) is 1.12. The molecule has 6 heteroatoms. The monoisotopic (exact) mass is 316 g/mol. The minimum atomic E-state index is -0.388. The van der Waals surface area contributed by atoms with Crippen LogP contribution in [0.2, 0.25) is 0 Å². The van der Waals surface area contributed by atoms with Gasteiger partial charge < -0.3 is 4.74 Å². The van der Waals surface area contributed by atoms with Crippen LogP contribution in [0.1, 0.15) is 5.56 Å². The first-order valence-corrected chi connectivity index (χ1v) is 6.01. The SMILES string of the molecule is Fc1ccc(Br)c(Oc2ncc(CCl)cn2)c1. The zero-order valence-electron chi connectivity index (χ0n) is 8.53. The van der Waals surface area contributed by atoms with Gasteiger partial charge in [-0.25, -0.2) is 14.4 Å². The quantitative estimate of drug-likeness (QED) is 0.805. The Hall–Kier alpha value is -1.20. The third-order valence-corrected chi connectivity index (χ3v) is 2.89. The van der Waals surface area contributed by atoms with E-state index < -0.39 is 0 Å². The number of rotatable bonds is 3. The topological polar surface area (TPSA) is 35.0 Å². The van der Waals surface area contributed by atoms with Crippen LogP contribution in [-0.4, -0.2) is 9.97 Å². The molecule has 0 fully saturated rings. The van der Waals surface area contributed by atoms with E-state index in [1.54, 1.807) is 18.5 Å². The minimum Gasteiger partial charge on any atom is -0.423 e. The van der Waals surface area contributed by atoms with Crippen molar-refractivity contribution in [3.8, 4) is 11.8 Å². The molecule has 0 saturated carbocycles. The van der Waals surface area contributed by atoms with Crippen molar-refractivity contribution in [2.75, 3.05) is 0 Å². The molecule has 1 heterocycles. The van der Waals surface area contributed by atoms with E-state index in [1.807, 2.05) is 0 Å². The molecule has 1 aromatic carbocycles. The summed E-state index contributed by atoms with van der Waals surface area (Å²) in [5.74, 6) is 0.272. The van der Waals surface area contributed by atoms with Gasteiger partial charge in [0.1, 0.15) is 11.6 Å². The number of hydrogen-bond donors (Lipinski definition) is 0. The molecule has 17 heavy (non-hydrogen) atoms. The van der Waals surface area contributed by atoms with Gasteiger partial charge in [-0.1, -0.05) is 0 Å². The van der Waals surface area contributed by atoms with Crippen molar-refractivity contribution >= 4 is 27.5 Å². The van der Waals surface area contributed by atoms with Crippen LogP contribution in [0.15, 0.2) is 35.1 Å². The van der Waals surface area contributed by atoms with E-state index in [0.717, 1.165) is 5.56 Å². The Morgan fingerprint density at radius 2 is 2.00 bits per heavy atom. The molecule has 0 unspecified atom stereocenters. The summed E-state index contributed by atoms with van der Waals surface area (Å²) in [6.45, 7) is 0. The summed E-state index contributed by atoms with van der Waals surface area (Å²) in [6, 6.07) is 4.28. The van der Waals surface area contributed by atoms with Crippen LogP contribution >= 0.6 is 27.5 Å². The second-order valence-electron chi connectivity index (χ2n) is 3.18. The molecule has 0 aliphatic heterocycles. The lowest BCUT2D eigenvalue weighted by atomic mass is 10.3. The number of halogens is 3. The van der Waals surface area contributed by atoms with Crippen molar-refractivity contribution in [1.29, 1.82) is 0 Å². The number of ether oxygens (including phenoxy) is 1. The summed E-state index contributed by atoms with van der Waals surface area (Å²) in [5, 5.41) is 0. The summed E-state index contributed by atoms with van der Waals surface area (Å²) in [6.07, 6.45) is 3.12. The number of benzene rings is 1. The first kappa shape index (κ1) is 12.3. The van der Waals surface area contributed by atoms with E-state index in [-0.39, 0.29) is 11.8 Å². The number of alkyl halides is 1. The maximum atomic E-state index is 13.0. The number of nitrogens with zero attached hydrogens (tertiary/aromatic N) is 2. The Kier molecular flexibility index (Phi) is 3.91. The number of hydrogen-bond acceptors (Lipinski definition) is 3. The average Bonchev–Trinajstić information content (AvgIpc) is 2.35. The Labute approximate surface area is 111 Å². The molecule has 3 nitrogen and oxygen atoms in total. The highest BCUT2D eigenvalue weighted by molar-refractivity contribution is 9.10. The molecule has 0 aliphatic rings. The molecule has 88 valence electrons. The fraction of sp³-hybridized carbons (Fsp3) is 0.0909. The van der Waals surface area contributed by atoms with Gasteiger partial charge in [0.15, 0.2) is 0 Å². The van der Waals surface area contributed by atoms with Gasteiger partial charge >= 0.3 is 6.01 Å². The van der Waals surface area contributed by atoms with Crippen molar-refractivity contribution in [2.45, 2.75) is 5.88 Å². The molecule has 0 radical (unpaired) electrons. The van der Waals surface area contributed by atoms with Crippen LogP contribution in [0, 0.1) is 5.82 Å². The van der Waals surface area contributed by atoms with Crippen LogP contribution in [-0.2, 0) is 5.88 Å². The van der Waals surface area contributed by atoms with Crippen LogP contribution in [0.25, 0.3) is 0 Å². The summed E-state index contributed by atoms with van der Waals surface area (Å²) in [7, 11) is 0. The van der Waals surface area contributed by atoms with E-state index in [4.69, 9.17) is 16.3 Å². The molecule has 0 aliphatic carbocycles. The summed E-state index contributed by atoms with van der Waals surface area (Å²) in [5.41, 5.74) is 0.789. The molecule has 2 aromatic rings. The normalized spacial score (nSPS) is 10.3. The molecule has 0 saturated heterocycles. The largest absolute Gasteiger partial charge is 0.423 e. The molecule has 0 atom stereocenters. The number of aromatic nitrogens is 2. The molecule has 0 amide bonds. The lowest BCUT2D eigenvalue weighted by Gasteiger charge is -2.05. The molecule has 1 aromatic heterocycles. The predicted octanol–water partition coefficient (Wildman–Crippen LogP) is 3.91. The maximum Gasteiger partial charge on any atom is 0.321 e. The Balaban J connectivity index is 2.22. The third-order valence-electron chi connectivity index (χ3n) is 1.93. The van der Waals surface area contributed by atoms with E-state index >= 15 is 0 Å². The van der Waals surface area contributed by atoms with Crippen molar-refractivity contribution < 1.29 is 9.13 Å². The highest BCUT2D eigenvalue weighted by Gasteiger charge is 2.06. The van der Waals surface area contributed by atoms with Crippen LogP contribution < -0.4 is 4.74 Å². The first-order valence-electron chi connectivity index (χ1n) is 4.69. The third kappa shape index (κ3) is 3.14. The van der Waals surface area contributed by atoms with Gasteiger partial charge in [-0.05, 0) is 28.1 Å². The lowest BCUT2D eigenvalue weighted by molar-refractivity contribution is 0.434. The van der Waals surface area contributed by atoms with E-state index in [1.165, 1.54) is 12.1 Å². The van der Waals surface area contributed by atoms with E-state index in [9.17, 15) is 4.39 Å². The molecular weight excluding hydrogens is 310 g/mol. The van der Waals surface area contributed by atoms with Gasteiger partial charge in [-0.3, -0.25) is 0 Å². The summed E-state index contributed by atoms with van der Waals surface area (Å²) < 4.78 is 19.0. The van der Waals surface area contributed by atoms with Gasteiger partial charge in [-0.2, -0.15) is 0 Å². The van der Waals surface area contributed by atoms with Crippen molar-refractivity contribution in [3.63, 3.8) is 0 Å². The molecule has 0 N–H and O–H groups in total. The van der Waals surface area contributed by atoms with Gasteiger partial charge in [0, 0.05) is 24.0 Å². The first-order chi connectivity index (χ1) is 8.19. The van der Waals surface area contributed by atoms with Gasteiger partial charge in [0.25, 0.3) is 0 Å². The minimum absolute atomic E-state index is 0.144. The molecule has 0 spiro atoms. The zero-order valence-corrected chi connectivity index (χ0v) is 10.9. The Morgan fingerprint density at radius 1 is 1.29 bits per heavy atom. The zero-order chi connectivity index (χ0) is 12.3. The van der Waals surface area contributed by atoms with E-state index in [2.05, 4.69) is 25.9 Å². The highest BCUT2D eigenvalue weighted by atomic mass is 79.9.